The Morgan fingerprint density at radius 1 is 1.15 bits per heavy atom. The molecule has 2 aliphatic rings. The first-order chi connectivity index (χ1) is 16.4. The largest absolute Gasteiger partial charge is 0.463 e. The Morgan fingerprint density at radius 2 is 1.91 bits per heavy atom. The van der Waals surface area contributed by atoms with E-state index >= 15 is 0 Å². The minimum Gasteiger partial charge on any atom is -0.463 e. The van der Waals surface area contributed by atoms with Crippen LogP contribution in [-0.4, -0.2) is 78.5 Å². The fourth-order valence-corrected chi connectivity index (χ4v) is 5.20. The van der Waals surface area contributed by atoms with Gasteiger partial charge in [-0.05, 0) is 30.9 Å². The number of likely N-dealkylation sites (N-methyl/N-ethyl adjacent to an activating group) is 1. The maximum Gasteiger partial charge on any atom is 0.338 e. The van der Waals surface area contributed by atoms with Crippen LogP contribution >= 0.6 is 11.3 Å². The van der Waals surface area contributed by atoms with Crippen molar-refractivity contribution < 1.29 is 19.1 Å². The van der Waals surface area contributed by atoms with E-state index in [1.54, 1.807) is 14.0 Å². The molecule has 1 aromatic heterocycles. The molecule has 4 rings (SSSR count). The fourth-order valence-electron chi connectivity index (χ4n) is 4.53. The van der Waals surface area contributed by atoms with E-state index in [4.69, 9.17) is 4.74 Å². The molecule has 0 aliphatic carbocycles. The van der Waals surface area contributed by atoms with E-state index in [0.29, 0.717) is 37.4 Å². The zero-order chi connectivity index (χ0) is 24.2. The molecule has 180 valence electrons. The zero-order valence-electron chi connectivity index (χ0n) is 19.7. The second-order valence-corrected chi connectivity index (χ2v) is 9.44. The topological polar surface area (TPSA) is 82.2 Å². The zero-order valence-corrected chi connectivity index (χ0v) is 20.5. The van der Waals surface area contributed by atoms with Crippen LogP contribution < -0.4 is 5.32 Å². The van der Waals surface area contributed by atoms with Crippen LogP contribution in [0.25, 0.3) is 0 Å². The molecular formula is C25H30N4O4S. The van der Waals surface area contributed by atoms with Crippen molar-refractivity contribution in [1.82, 2.24) is 20.0 Å². The van der Waals surface area contributed by atoms with E-state index in [9.17, 15) is 14.4 Å². The summed E-state index contributed by atoms with van der Waals surface area (Å²) in [5.74, 6) is -0.385. The normalized spacial score (nSPS) is 21.4. The number of amides is 3. The summed E-state index contributed by atoms with van der Waals surface area (Å²) in [7, 11) is 1.67. The van der Waals surface area contributed by atoms with Crippen molar-refractivity contribution in [1.29, 1.82) is 0 Å². The summed E-state index contributed by atoms with van der Waals surface area (Å²) in [6, 6.07) is 12.3. The maximum atomic E-state index is 13.1. The third kappa shape index (κ3) is 4.85. The van der Waals surface area contributed by atoms with Crippen LogP contribution in [0.15, 0.2) is 59.1 Å². The molecule has 2 aliphatic heterocycles. The quantitative estimate of drug-likeness (QED) is 0.640. The molecule has 0 saturated carbocycles. The van der Waals surface area contributed by atoms with Gasteiger partial charge in [-0.3, -0.25) is 14.6 Å². The van der Waals surface area contributed by atoms with Gasteiger partial charge in [0, 0.05) is 45.0 Å². The molecule has 34 heavy (non-hydrogen) atoms. The molecule has 3 heterocycles. The molecule has 0 radical (unpaired) electrons. The highest BCUT2D eigenvalue weighted by Crippen LogP contribution is 2.31. The second-order valence-electron chi connectivity index (χ2n) is 8.49. The molecule has 9 heteroatoms. The van der Waals surface area contributed by atoms with Gasteiger partial charge in [0.05, 0.1) is 23.1 Å². The fraction of sp³-hybridized carbons (Fsp3) is 0.400. The van der Waals surface area contributed by atoms with Crippen molar-refractivity contribution in [3.63, 3.8) is 0 Å². The van der Waals surface area contributed by atoms with Gasteiger partial charge in [-0.25, -0.2) is 9.59 Å². The Hall–Kier alpha value is -3.17. The number of hydrogen-bond donors (Lipinski definition) is 1. The lowest BCUT2D eigenvalue weighted by molar-refractivity contribution is -0.139. The van der Waals surface area contributed by atoms with Crippen molar-refractivity contribution in [2.75, 3.05) is 39.8 Å². The first-order valence-electron chi connectivity index (χ1n) is 11.5. The summed E-state index contributed by atoms with van der Waals surface area (Å²) < 4.78 is 5.40. The highest BCUT2D eigenvalue weighted by molar-refractivity contribution is 7.12. The number of carbonyl (C=O) groups excluding carboxylic acids is 3. The van der Waals surface area contributed by atoms with E-state index in [2.05, 4.69) is 10.2 Å². The molecule has 0 bridgehead atoms. The third-order valence-corrected chi connectivity index (χ3v) is 7.14. The number of urea groups is 1. The summed E-state index contributed by atoms with van der Waals surface area (Å²) in [4.78, 5) is 45.1. The Labute approximate surface area is 203 Å². The van der Waals surface area contributed by atoms with E-state index in [0.717, 1.165) is 10.4 Å². The van der Waals surface area contributed by atoms with Crippen LogP contribution in [0.2, 0.25) is 0 Å². The smallest absolute Gasteiger partial charge is 0.338 e. The lowest BCUT2D eigenvalue weighted by atomic mass is 9.94. The average molecular weight is 483 g/mol. The predicted octanol–water partition coefficient (Wildman–Crippen LogP) is 3.11. The summed E-state index contributed by atoms with van der Waals surface area (Å²) in [6.45, 7) is 6.32. The standard InChI is InChI=1S/C25H30N4O4S/c1-4-33-24(31)21-19(27(3)25(32)26-22(21)18-9-6-5-7-10-18)16-28-12-13-29(17(2)15-28)23(30)20-11-8-14-34-20/h5-11,14,17,22H,4,12-13,15-16H2,1-3H3,(H,26,32)/t17-,22-/m1/s1. The van der Waals surface area contributed by atoms with Gasteiger partial charge < -0.3 is 15.0 Å². The highest BCUT2D eigenvalue weighted by atomic mass is 32.1. The van der Waals surface area contributed by atoms with Crippen LogP contribution in [0.4, 0.5) is 4.79 Å². The van der Waals surface area contributed by atoms with Gasteiger partial charge >= 0.3 is 12.0 Å². The monoisotopic (exact) mass is 482 g/mol. The van der Waals surface area contributed by atoms with Crippen molar-refractivity contribution in [3.8, 4) is 0 Å². The molecular weight excluding hydrogens is 452 g/mol. The average Bonchev–Trinajstić information content (AvgIpc) is 3.37. The number of carbonyl (C=O) groups is 3. The highest BCUT2D eigenvalue weighted by Gasteiger charge is 2.38. The number of hydrogen-bond acceptors (Lipinski definition) is 6. The Kier molecular flexibility index (Phi) is 7.33. The molecule has 1 saturated heterocycles. The van der Waals surface area contributed by atoms with Crippen molar-refractivity contribution in [2.45, 2.75) is 25.9 Å². The minimum atomic E-state index is -0.585. The Morgan fingerprint density at radius 3 is 2.56 bits per heavy atom. The van der Waals surface area contributed by atoms with Crippen molar-refractivity contribution in [3.05, 3.63) is 69.6 Å². The number of nitrogens with zero attached hydrogens (tertiary/aromatic N) is 3. The first-order valence-corrected chi connectivity index (χ1v) is 12.3. The number of piperazine rings is 1. The molecule has 1 fully saturated rings. The number of benzene rings is 1. The molecule has 2 aromatic rings. The number of rotatable bonds is 6. The first kappa shape index (κ1) is 24.0. The van der Waals surface area contributed by atoms with Crippen molar-refractivity contribution >= 4 is 29.2 Å². The number of ether oxygens (including phenoxy) is 1. The van der Waals surface area contributed by atoms with Crippen molar-refractivity contribution in [2.24, 2.45) is 0 Å². The molecule has 8 nitrogen and oxygen atoms in total. The third-order valence-electron chi connectivity index (χ3n) is 6.28. The van der Waals surface area contributed by atoms with Crippen LogP contribution in [-0.2, 0) is 9.53 Å². The molecule has 3 amide bonds. The van der Waals surface area contributed by atoms with E-state index in [1.165, 1.54) is 16.2 Å². The lowest BCUT2D eigenvalue weighted by Gasteiger charge is -2.42. The van der Waals surface area contributed by atoms with Gasteiger partial charge in [0.25, 0.3) is 5.91 Å². The summed E-state index contributed by atoms with van der Waals surface area (Å²) in [6.07, 6.45) is 0. The van der Waals surface area contributed by atoms with Gasteiger partial charge in [0.15, 0.2) is 0 Å². The van der Waals surface area contributed by atoms with Gasteiger partial charge in [-0.15, -0.1) is 11.3 Å². The van der Waals surface area contributed by atoms with Gasteiger partial charge in [-0.1, -0.05) is 36.4 Å². The van der Waals surface area contributed by atoms with E-state index < -0.39 is 12.0 Å². The summed E-state index contributed by atoms with van der Waals surface area (Å²) in [5, 5.41) is 4.85. The number of thiophene rings is 1. The number of esters is 1. The SMILES string of the molecule is CCOC(=O)C1=C(CN2CCN(C(=O)c3cccs3)[C@H](C)C2)N(C)C(=O)N[C@@H]1c1ccccc1. The van der Waals surface area contributed by atoms with Crippen LogP contribution in [0.1, 0.15) is 35.1 Å². The number of nitrogens with one attached hydrogen (secondary N) is 1. The van der Waals surface area contributed by atoms with Gasteiger partial charge in [-0.2, -0.15) is 0 Å². The molecule has 0 unspecified atom stereocenters. The Balaban J connectivity index is 1.60. The Bertz CT molecular complexity index is 1070. The molecule has 2 atom stereocenters. The van der Waals surface area contributed by atoms with Gasteiger partial charge in [0.1, 0.15) is 0 Å². The van der Waals surface area contributed by atoms with Crippen LogP contribution in [0.3, 0.4) is 0 Å². The molecule has 0 spiro atoms. The lowest BCUT2D eigenvalue weighted by Crippen LogP contribution is -2.56. The van der Waals surface area contributed by atoms with Crippen LogP contribution in [0, 0.1) is 0 Å². The maximum absolute atomic E-state index is 13.1. The second kappa shape index (κ2) is 10.4. The van der Waals surface area contributed by atoms with Crippen LogP contribution in [0.5, 0.6) is 0 Å². The minimum absolute atomic E-state index is 0.00244. The summed E-state index contributed by atoms with van der Waals surface area (Å²) >= 11 is 1.45. The summed E-state index contributed by atoms with van der Waals surface area (Å²) in [5.41, 5.74) is 1.89. The molecule has 1 N–H and O–H groups in total. The molecule has 1 aromatic carbocycles. The predicted molar refractivity (Wildman–Crippen MR) is 130 cm³/mol. The van der Waals surface area contributed by atoms with E-state index in [-0.39, 0.29) is 24.6 Å². The van der Waals surface area contributed by atoms with Gasteiger partial charge in [0.2, 0.25) is 0 Å². The van der Waals surface area contributed by atoms with E-state index in [1.807, 2.05) is 59.7 Å².